The van der Waals surface area contributed by atoms with Gasteiger partial charge in [0.1, 0.15) is 23.9 Å². The van der Waals surface area contributed by atoms with Gasteiger partial charge in [0.15, 0.2) is 5.11 Å². The molecule has 0 heterocycles. The normalized spacial score (nSPS) is 10.2. The second-order valence-corrected chi connectivity index (χ2v) is 7.21. The van der Waals surface area contributed by atoms with Crippen molar-refractivity contribution < 1.29 is 19.0 Å². The quantitative estimate of drug-likeness (QED) is 0.484. The van der Waals surface area contributed by atoms with E-state index >= 15 is 0 Å². The fourth-order valence-corrected chi connectivity index (χ4v) is 3.16. The number of anilines is 1. The van der Waals surface area contributed by atoms with E-state index in [4.69, 9.17) is 38.0 Å². The third kappa shape index (κ3) is 6.10. The van der Waals surface area contributed by atoms with Crippen LogP contribution in [-0.2, 0) is 6.61 Å². The summed E-state index contributed by atoms with van der Waals surface area (Å²) in [5.74, 6) is 1.22. The van der Waals surface area contributed by atoms with E-state index in [1.165, 1.54) is 14.2 Å². The smallest absolute Gasteiger partial charge is 0.257 e. The van der Waals surface area contributed by atoms with Crippen molar-refractivity contribution in [2.24, 2.45) is 0 Å². The van der Waals surface area contributed by atoms with Gasteiger partial charge < -0.3 is 19.5 Å². The monoisotopic (exact) mass is 456 g/mol. The van der Waals surface area contributed by atoms with Crippen molar-refractivity contribution in [3.63, 3.8) is 0 Å². The molecule has 0 spiro atoms. The highest BCUT2D eigenvalue weighted by molar-refractivity contribution is 7.80. The number of hydrogen-bond acceptors (Lipinski definition) is 5. The summed E-state index contributed by atoms with van der Waals surface area (Å²) in [6.45, 7) is 0.451. The summed E-state index contributed by atoms with van der Waals surface area (Å²) in [5, 5.41) is 6.07. The van der Waals surface area contributed by atoms with E-state index in [1.54, 1.807) is 36.4 Å². The van der Waals surface area contributed by atoms with Gasteiger partial charge in [-0.3, -0.25) is 10.1 Å². The zero-order chi connectivity index (χ0) is 22.2. The second kappa shape index (κ2) is 10.7. The minimum absolute atomic E-state index is 0.108. The first kappa shape index (κ1) is 22.4. The molecule has 0 aliphatic carbocycles. The van der Waals surface area contributed by atoms with E-state index in [1.807, 2.05) is 30.3 Å². The molecule has 0 aliphatic heterocycles. The first-order chi connectivity index (χ1) is 15.0. The summed E-state index contributed by atoms with van der Waals surface area (Å²) in [5.41, 5.74) is 2.02. The molecule has 0 unspecified atom stereocenters. The summed E-state index contributed by atoms with van der Waals surface area (Å²) >= 11 is 11.4. The molecule has 0 aliphatic rings. The highest BCUT2D eigenvalue weighted by atomic mass is 35.5. The number of amides is 1. The van der Waals surface area contributed by atoms with E-state index in [0.717, 1.165) is 5.56 Å². The Kier molecular flexibility index (Phi) is 7.70. The number of carbonyl (C=O) groups excluding carboxylic acids is 1. The molecule has 0 bridgehead atoms. The molecule has 0 aromatic heterocycles. The Bertz CT molecular complexity index is 1060. The average Bonchev–Trinajstić information content (AvgIpc) is 2.79. The van der Waals surface area contributed by atoms with Crippen LogP contribution in [0.4, 0.5) is 5.69 Å². The minimum atomic E-state index is -0.355. The van der Waals surface area contributed by atoms with Gasteiger partial charge in [-0.2, -0.15) is 0 Å². The molecule has 3 aromatic rings. The van der Waals surface area contributed by atoms with Crippen LogP contribution in [-0.4, -0.2) is 25.2 Å². The Morgan fingerprint density at radius 1 is 0.968 bits per heavy atom. The van der Waals surface area contributed by atoms with Crippen LogP contribution in [0.2, 0.25) is 5.02 Å². The summed E-state index contributed by atoms with van der Waals surface area (Å²) in [4.78, 5) is 12.5. The average molecular weight is 457 g/mol. The first-order valence-electron chi connectivity index (χ1n) is 9.31. The summed E-state index contributed by atoms with van der Waals surface area (Å²) in [6.07, 6.45) is 0. The van der Waals surface area contributed by atoms with Crippen LogP contribution in [0, 0.1) is 0 Å². The van der Waals surface area contributed by atoms with E-state index in [9.17, 15) is 4.79 Å². The molecule has 0 saturated heterocycles. The number of nitrogens with one attached hydrogen (secondary N) is 2. The first-order valence-corrected chi connectivity index (χ1v) is 10.1. The Labute approximate surface area is 191 Å². The standard InChI is InChI=1S/C23H21ClN2O4S/c1-28-20-13-19(21(29-2)12-18(20)24)25-23(31)26-22(27)16-8-10-17(11-9-16)30-14-15-6-4-3-5-7-15/h3-13H,14H2,1-2H3,(H2,25,26,27,31). The molecule has 31 heavy (non-hydrogen) atoms. The van der Waals surface area contributed by atoms with Crippen molar-refractivity contribution in [2.45, 2.75) is 6.61 Å². The number of halogens is 1. The van der Waals surface area contributed by atoms with E-state index < -0.39 is 0 Å². The third-order valence-corrected chi connectivity index (χ3v) is 4.81. The van der Waals surface area contributed by atoms with Gasteiger partial charge in [-0.05, 0) is 42.0 Å². The van der Waals surface area contributed by atoms with Gasteiger partial charge in [0.25, 0.3) is 5.91 Å². The Hall–Kier alpha value is -3.29. The number of benzene rings is 3. The lowest BCUT2D eigenvalue weighted by molar-refractivity contribution is 0.0977. The lowest BCUT2D eigenvalue weighted by atomic mass is 10.2. The minimum Gasteiger partial charge on any atom is -0.495 e. The number of rotatable bonds is 7. The maximum absolute atomic E-state index is 12.5. The van der Waals surface area contributed by atoms with Crippen molar-refractivity contribution in [3.8, 4) is 17.2 Å². The zero-order valence-electron chi connectivity index (χ0n) is 17.0. The third-order valence-electron chi connectivity index (χ3n) is 4.31. The van der Waals surface area contributed by atoms with Gasteiger partial charge in [-0.25, -0.2) is 0 Å². The number of ether oxygens (including phenoxy) is 3. The fraction of sp³-hybridized carbons (Fsp3) is 0.130. The van der Waals surface area contributed by atoms with Crippen molar-refractivity contribution in [3.05, 3.63) is 82.9 Å². The van der Waals surface area contributed by atoms with Gasteiger partial charge >= 0.3 is 0 Å². The number of carbonyl (C=O) groups is 1. The molecule has 3 rings (SSSR count). The number of thiocarbonyl (C=S) groups is 1. The van der Waals surface area contributed by atoms with Gasteiger partial charge in [-0.15, -0.1) is 0 Å². The van der Waals surface area contributed by atoms with Gasteiger partial charge in [-0.1, -0.05) is 41.9 Å². The summed E-state index contributed by atoms with van der Waals surface area (Å²) in [7, 11) is 3.01. The van der Waals surface area contributed by atoms with Crippen LogP contribution in [0.15, 0.2) is 66.7 Å². The maximum Gasteiger partial charge on any atom is 0.257 e. The Morgan fingerprint density at radius 2 is 1.65 bits per heavy atom. The predicted molar refractivity (Wildman–Crippen MR) is 125 cm³/mol. The van der Waals surface area contributed by atoms with Crippen LogP contribution in [0.3, 0.4) is 0 Å². The van der Waals surface area contributed by atoms with Crippen molar-refractivity contribution in [1.29, 1.82) is 0 Å². The largest absolute Gasteiger partial charge is 0.495 e. The Morgan fingerprint density at radius 3 is 2.29 bits per heavy atom. The molecule has 1 amide bonds. The van der Waals surface area contributed by atoms with Crippen LogP contribution in [0.25, 0.3) is 0 Å². The zero-order valence-corrected chi connectivity index (χ0v) is 18.5. The van der Waals surface area contributed by atoms with Crippen LogP contribution in [0.5, 0.6) is 17.2 Å². The molecule has 3 aromatic carbocycles. The van der Waals surface area contributed by atoms with Crippen LogP contribution >= 0.6 is 23.8 Å². The summed E-state index contributed by atoms with van der Waals surface area (Å²) in [6, 6.07) is 19.9. The maximum atomic E-state index is 12.5. The molecule has 160 valence electrons. The van der Waals surface area contributed by atoms with Gasteiger partial charge in [0.05, 0.1) is 24.9 Å². The lowest BCUT2D eigenvalue weighted by Crippen LogP contribution is -2.34. The SMILES string of the molecule is COc1cc(NC(=S)NC(=O)c2ccc(OCc3ccccc3)cc2)c(OC)cc1Cl. The van der Waals surface area contributed by atoms with Crippen LogP contribution in [0.1, 0.15) is 15.9 Å². The molecule has 0 atom stereocenters. The number of methoxy groups -OCH3 is 2. The lowest BCUT2D eigenvalue weighted by Gasteiger charge is -2.15. The topological polar surface area (TPSA) is 68.8 Å². The number of hydrogen-bond donors (Lipinski definition) is 2. The van der Waals surface area contributed by atoms with E-state index in [0.29, 0.717) is 40.1 Å². The molecule has 0 radical (unpaired) electrons. The molecule has 0 fully saturated rings. The molecular formula is C23H21ClN2O4S. The summed E-state index contributed by atoms with van der Waals surface area (Å²) < 4.78 is 16.2. The van der Waals surface area contributed by atoms with Crippen molar-refractivity contribution in [2.75, 3.05) is 19.5 Å². The molecule has 6 nitrogen and oxygen atoms in total. The second-order valence-electron chi connectivity index (χ2n) is 6.39. The Balaban J connectivity index is 1.59. The molecular weight excluding hydrogens is 436 g/mol. The van der Waals surface area contributed by atoms with E-state index in [2.05, 4.69) is 10.6 Å². The highest BCUT2D eigenvalue weighted by Crippen LogP contribution is 2.35. The molecule has 8 heteroatoms. The van der Waals surface area contributed by atoms with Gasteiger partial charge in [0, 0.05) is 17.7 Å². The molecule has 2 N–H and O–H groups in total. The molecule has 0 saturated carbocycles. The van der Waals surface area contributed by atoms with Crippen molar-refractivity contribution in [1.82, 2.24) is 5.32 Å². The predicted octanol–water partition coefficient (Wildman–Crippen LogP) is 5.06. The van der Waals surface area contributed by atoms with E-state index in [-0.39, 0.29) is 11.0 Å². The van der Waals surface area contributed by atoms with Crippen molar-refractivity contribution >= 4 is 40.5 Å². The fourth-order valence-electron chi connectivity index (χ4n) is 2.73. The highest BCUT2D eigenvalue weighted by Gasteiger charge is 2.13. The van der Waals surface area contributed by atoms with Crippen LogP contribution < -0.4 is 24.8 Å². The van der Waals surface area contributed by atoms with Gasteiger partial charge in [0.2, 0.25) is 0 Å².